The van der Waals surface area contributed by atoms with Gasteiger partial charge in [0.05, 0.1) is 6.61 Å². The smallest absolute Gasteiger partial charge is 0.264 e. The molecule has 0 fully saturated rings. The first-order chi connectivity index (χ1) is 11.2. The van der Waals surface area contributed by atoms with Gasteiger partial charge in [-0.3, -0.25) is 4.79 Å². The molecule has 0 saturated carbocycles. The third-order valence-corrected chi connectivity index (χ3v) is 4.26. The van der Waals surface area contributed by atoms with Gasteiger partial charge in [0.2, 0.25) is 0 Å². The van der Waals surface area contributed by atoms with E-state index in [1.54, 1.807) is 4.90 Å². The van der Waals surface area contributed by atoms with Crippen LogP contribution in [0.2, 0.25) is 0 Å². The second-order valence-electron chi connectivity index (χ2n) is 5.83. The molecule has 4 nitrogen and oxygen atoms in total. The van der Waals surface area contributed by atoms with Crippen molar-refractivity contribution in [3.05, 3.63) is 65.7 Å². The summed E-state index contributed by atoms with van der Waals surface area (Å²) >= 11 is 0. The maximum atomic E-state index is 12.9. The minimum absolute atomic E-state index is 0.00988. The Morgan fingerprint density at radius 1 is 1.13 bits per heavy atom. The fourth-order valence-corrected chi connectivity index (χ4v) is 3.00. The van der Waals surface area contributed by atoms with Gasteiger partial charge in [-0.05, 0) is 11.6 Å². The number of fused-ring (bicyclic) bond motifs is 1. The lowest BCUT2D eigenvalue weighted by Gasteiger charge is -2.26. The van der Waals surface area contributed by atoms with Crippen LogP contribution in [0.5, 0.6) is 5.75 Å². The molecule has 3 rings (SSSR count). The summed E-state index contributed by atoms with van der Waals surface area (Å²) < 4.78 is 5.87. The Labute approximate surface area is 136 Å². The summed E-state index contributed by atoms with van der Waals surface area (Å²) in [5.74, 6) is 0.712. The number of aliphatic hydroxyl groups excluding tert-OH is 1. The van der Waals surface area contributed by atoms with Gasteiger partial charge in [-0.15, -0.1) is 0 Å². The van der Waals surface area contributed by atoms with Gasteiger partial charge in [0.15, 0.2) is 6.10 Å². The number of ether oxygens (including phenoxy) is 1. The third kappa shape index (κ3) is 3.22. The molecule has 1 aliphatic heterocycles. The molecule has 0 aliphatic carbocycles. The molecule has 0 saturated heterocycles. The minimum Gasteiger partial charge on any atom is -0.480 e. The standard InChI is InChI=1S/C19H21NO3/c1-14-16-9-5-6-10-17(16)23-18(14)19(22)20(11-12-21)13-15-7-3-2-4-8-15/h2-10,14,18,21H,11-13H2,1H3. The zero-order valence-corrected chi connectivity index (χ0v) is 13.2. The van der Waals surface area contributed by atoms with Gasteiger partial charge in [0, 0.05) is 24.6 Å². The monoisotopic (exact) mass is 311 g/mol. The summed E-state index contributed by atoms with van der Waals surface area (Å²) in [5, 5.41) is 9.31. The Balaban J connectivity index is 1.77. The summed E-state index contributed by atoms with van der Waals surface area (Å²) in [7, 11) is 0. The number of carbonyl (C=O) groups excluding carboxylic acids is 1. The first-order valence-electron chi connectivity index (χ1n) is 7.90. The third-order valence-electron chi connectivity index (χ3n) is 4.26. The second kappa shape index (κ2) is 6.84. The normalized spacial score (nSPS) is 19.0. The minimum atomic E-state index is -0.525. The summed E-state index contributed by atoms with van der Waals surface area (Å²) in [6, 6.07) is 17.6. The number of benzene rings is 2. The molecule has 23 heavy (non-hydrogen) atoms. The van der Waals surface area contributed by atoms with Gasteiger partial charge >= 0.3 is 0 Å². The van der Waals surface area contributed by atoms with Crippen molar-refractivity contribution in [3.8, 4) is 5.75 Å². The maximum absolute atomic E-state index is 12.9. The highest BCUT2D eigenvalue weighted by Gasteiger charge is 2.38. The first kappa shape index (κ1) is 15.6. The number of hydrogen-bond donors (Lipinski definition) is 1. The number of carbonyl (C=O) groups is 1. The molecule has 0 aromatic heterocycles. The zero-order valence-electron chi connectivity index (χ0n) is 13.2. The Morgan fingerprint density at radius 2 is 1.83 bits per heavy atom. The Morgan fingerprint density at radius 3 is 2.52 bits per heavy atom. The second-order valence-corrected chi connectivity index (χ2v) is 5.83. The molecule has 120 valence electrons. The summed E-state index contributed by atoms with van der Waals surface area (Å²) in [5.41, 5.74) is 2.10. The van der Waals surface area contributed by atoms with Crippen molar-refractivity contribution in [2.45, 2.75) is 25.5 Å². The first-order valence-corrected chi connectivity index (χ1v) is 7.90. The van der Waals surface area contributed by atoms with Crippen molar-refractivity contribution in [2.24, 2.45) is 0 Å². The van der Waals surface area contributed by atoms with E-state index in [4.69, 9.17) is 4.74 Å². The van der Waals surface area contributed by atoms with Gasteiger partial charge in [0.25, 0.3) is 5.91 Å². The average molecular weight is 311 g/mol. The molecular weight excluding hydrogens is 290 g/mol. The van der Waals surface area contributed by atoms with Gasteiger partial charge in [-0.1, -0.05) is 55.5 Å². The summed E-state index contributed by atoms with van der Waals surface area (Å²) in [4.78, 5) is 14.6. The lowest BCUT2D eigenvalue weighted by molar-refractivity contribution is -0.139. The van der Waals surface area contributed by atoms with Crippen LogP contribution in [0, 0.1) is 0 Å². The van der Waals surface area contributed by atoms with Gasteiger partial charge < -0.3 is 14.7 Å². The molecule has 2 unspecified atom stereocenters. The highest BCUT2D eigenvalue weighted by atomic mass is 16.5. The highest BCUT2D eigenvalue weighted by Crippen LogP contribution is 2.38. The average Bonchev–Trinajstić information content (AvgIpc) is 2.92. The van der Waals surface area contributed by atoms with Crippen molar-refractivity contribution in [3.63, 3.8) is 0 Å². The lowest BCUT2D eigenvalue weighted by Crippen LogP contribution is -2.43. The predicted octanol–water partition coefficient (Wildman–Crippen LogP) is 2.57. The molecule has 0 radical (unpaired) electrons. The molecular formula is C19H21NO3. The molecule has 4 heteroatoms. The van der Waals surface area contributed by atoms with Crippen molar-refractivity contribution in [2.75, 3.05) is 13.2 Å². The maximum Gasteiger partial charge on any atom is 0.264 e. The van der Waals surface area contributed by atoms with Crippen molar-refractivity contribution < 1.29 is 14.6 Å². The van der Waals surface area contributed by atoms with E-state index in [1.165, 1.54) is 0 Å². The van der Waals surface area contributed by atoms with Gasteiger partial charge in [0.1, 0.15) is 5.75 Å². The number of aliphatic hydroxyl groups is 1. The summed E-state index contributed by atoms with van der Waals surface area (Å²) in [6.07, 6.45) is -0.525. The van der Waals surface area contributed by atoms with E-state index in [0.29, 0.717) is 13.1 Å². The van der Waals surface area contributed by atoms with Crippen LogP contribution >= 0.6 is 0 Å². The van der Waals surface area contributed by atoms with Crippen LogP contribution < -0.4 is 4.74 Å². The molecule has 2 aromatic rings. The molecule has 1 amide bonds. The van der Waals surface area contributed by atoms with E-state index in [0.717, 1.165) is 16.9 Å². The van der Waals surface area contributed by atoms with E-state index in [2.05, 4.69) is 0 Å². The van der Waals surface area contributed by atoms with Gasteiger partial charge in [-0.2, -0.15) is 0 Å². The number of amides is 1. The molecule has 2 aromatic carbocycles. The summed E-state index contributed by atoms with van der Waals surface area (Å²) in [6.45, 7) is 2.72. The molecule has 0 spiro atoms. The zero-order chi connectivity index (χ0) is 16.2. The van der Waals surface area contributed by atoms with E-state index in [-0.39, 0.29) is 18.4 Å². The molecule has 2 atom stereocenters. The lowest BCUT2D eigenvalue weighted by atomic mass is 9.96. The number of para-hydroxylation sites is 1. The van der Waals surface area contributed by atoms with Gasteiger partial charge in [-0.25, -0.2) is 0 Å². The van der Waals surface area contributed by atoms with Crippen molar-refractivity contribution in [1.82, 2.24) is 4.90 Å². The molecule has 0 bridgehead atoms. The van der Waals surface area contributed by atoms with Crippen LogP contribution in [-0.4, -0.2) is 35.2 Å². The van der Waals surface area contributed by atoms with Crippen LogP contribution in [0.15, 0.2) is 54.6 Å². The van der Waals surface area contributed by atoms with E-state index in [9.17, 15) is 9.90 Å². The van der Waals surface area contributed by atoms with Crippen molar-refractivity contribution >= 4 is 5.91 Å². The quantitative estimate of drug-likeness (QED) is 0.923. The number of nitrogens with zero attached hydrogens (tertiary/aromatic N) is 1. The van der Waals surface area contributed by atoms with Crippen LogP contribution in [0.4, 0.5) is 0 Å². The fraction of sp³-hybridized carbons (Fsp3) is 0.316. The van der Waals surface area contributed by atoms with Crippen LogP contribution in [-0.2, 0) is 11.3 Å². The van der Waals surface area contributed by atoms with Crippen LogP contribution in [0.3, 0.4) is 0 Å². The topological polar surface area (TPSA) is 49.8 Å². The predicted molar refractivity (Wildman–Crippen MR) is 88.2 cm³/mol. The van der Waals surface area contributed by atoms with Crippen molar-refractivity contribution in [1.29, 1.82) is 0 Å². The largest absolute Gasteiger partial charge is 0.480 e. The SMILES string of the molecule is CC1c2ccccc2OC1C(=O)N(CCO)Cc1ccccc1. The fourth-order valence-electron chi connectivity index (χ4n) is 3.00. The van der Waals surface area contributed by atoms with Crippen LogP contribution in [0.25, 0.3) is 0 Å². The Bertz CT molecular complexity index is 671. The Kier molecular flexibility index (Phi) is 4.63. The molecule has 1 N–H and O–H groups in total. The number of rotatable bonds is 5. The molecule has 1 aliphatic rings. The van der Waals surface area contributed by atoms with E-state index < -0.39 is 6.10 Å². The molecule has 1 heterocycles. The number of hydrogen-bond acceptors (Lipinski definition) is 3. The highest BCUT2D eigenvalue weighted by molar-refractivity contribution is 5.83. The van der Waals surface area contributed by atoms with E-state index in [1.807, 2.05) is 61.5 Å². The van der Waals surface area contributed by atoms with E-state index >= 15 is 0 Å². The van der Waals surface area contributed by atoms with Crippen LogP contribution in [0.1, 0.15) is 24.0 Å². The Hall–Kier alpha value is -2.33.